The summed E-state index contributed by atoms with van der Waals surface area (Å²) < 4.78 is 9.75. The summed E-state index contributed by atoms with van der Waals surface area (Å²) in [5.74, 6) is 0.936. The Morgan fingerprint density at radius 1 is 1.53 bits per heavy atom. The lowest BCUT2D eigenvalue weighted by Crippen LogP contribution is -2.22. The number of carbonyl (C=O) groups is 1. The van der Waals surface area contributed by atoms with E-state index in [1.807, 2.05) is 0 Å². The molecule has 0 aromatic carbocycles. The van der Waals surface area contributed by atoms with Gasteiger partial charge in [-0.2, -0.15) is 0 Å². The van der Waals surface area contributed by atoms with Crippen molar-refractivity contribution in [2.24, 2.45) is 11.8 Å². The molecule has 0 amide bonds. The van der Waals surface area contributed by atoms with Gasteiger partial charge in [0, 0.05) is 0 Å². The largest absolute Gasteiger partial charge is 0.508 e. The van der Waals surface area contributed by atoms with Crippen LogP contribution in [0.2, 0.25) is 0 Å². The normalized spacial score (nSPS) is 25.7. The summed E-state index contributed by atoms with van der Waals surface area (Å²) in [6, 6.07) is 0. The first-order valence-electron chi connectivity index (χ1n) is 5.60. The minimum Gasteiger partial charge on any atom is -0.435 e. The Morgan fingerprint density at radius 2 is 2.27 bits per heavy atom. The number of hydrogen-bond donors (Lipinski definition) is 0. The summed E-state index contributed by atoms with van der Waals surface area (Å²) in [4.78, 5) is 11.0. The van der Waals surface area contributed by atoms with Crippen LogP contribution in [-0.4, -0.2) is 19.4 Å². The maximum atomic E-state index is 11.0. The van der Waals surface area contributed by atoms with Crippen LogP contribution < -0.4 is 0 Å². The van der Waals surface area contributed by atoms with Gasteiger partial charge in [-0.15, -0.1) is 0 Å². The zero-order valence-corrected chi connectivity index (χ0v) is 9.79. The summed E-state index contributed by atoms with van der Waals surface area (Å²) in [6.07, 6.45) is 3.93. The summed E-state index contributed by atoms with van der Waals surface area (Å²) >= 11 is 0. The minimum atomic E-state index is -0.545. The molecule has 2 unspecified atom stereocenters. The Balaban J connectivity index is 2.31. The molecule has 0 aromatic rings. The maximum Gasteiger partial charge on any atom is 0.508 e. The van der Waals surface area contributed by atoms with Crippen molar-refractivity contribution in [1.82, 2.24) is 0 Å². The van der Waals surface area contributed by atoms with Gasteiger partial charge in [-0.05, 0) is 38.5 Å². The fourth-order valence-corrected chi connectivity index (χ4v) is 1.91. The van der Waals surface area contributed by atoms with E-state index in [1.54, 1.807) is 6.92 Å². The molecule has 0 aliphatic heterocycles. The molecule has 0 bridgehead atoms. The molecule has 86 valence electrons. The Bertz CT molecular complexity index is 245. The van der Waals surface area contributed by atoms with Gasteiger partial charge in [0.1, 0.15) is 0 Å². The predicted octanol–water partition coefficient (Wildman–Crippen LogP) is 3.15. The highest BCUT2D eigenvalue weighted by atomic mass is 16.7. The molecule has 0 spiro atoms. The third kappa shape index (κ3) is 3.94. The van der Waals surface area contributed by atoms with Gasteiger partial charge < -0.3 is 9.47 Å². The summed E-state index contributed by atoms with van der Waals surface area (Å²) in [5, 5.41) is 0. The molecule has 3 heteroatoms. The van der Waals surface area contributed by atoms with Crippen molar-refractivity contribution in [1.29, 1.82) is 0 Å². The van der Waals surface area contributed by atoms with E-state index in [0.717, 1.165) is 12.8 Å². The van der Waals surface area contributed by atoms with Gasteiger partial charge in [0.25, 0.3) is 0 Å². The average Bonchev–Trinajstić information content (AvgIpc) is 2.17. The minimum absolute atomic E-state index is 0.373. The highest BCUT2D eigenvalue weighted by molar-refractivity contribution is 5.59. The van der Waals surface area contributed by atoms with Crippen LogP contribution in [0.1, 0.15) is 33.6 Å². The Labute approximate surface area is 91.4 Å². The van der Waals surface area contributed by atoms with Gasteiger partial charge in [-0.25, -0.2) is 4.79 Å². The Morgan fingerprint density at radius 3 is 2.87 bits per heavy atom. The van der Waals surface area contributed by atoms with Crippen molar-refractivity contribution in [3.05, 3.63) is 11.6 Å². The van der Waals surface area contributed by atoms with Gasteiger partial charge >= 0.3 is 6.16 Å². The van der Waals surface area contributed by atoms with Crippen LogP contribution >= 0.6 is 0 Å². The van der Waals surface area contributed by atoms with E-state index in [4.69, 9.17) is 9.47 Å². The lowest BCUT2D eigenvalue weighted by molar-refractivity contribution is 0.0414. The van der Waals surface area contributed by atoms with E-state index in [0.29, 0.717) is 25.0 Å². The molecule has 1 rings (SSSR count). The molecule has 1 aliphatic carbocycles. The molecule has 0 N–H and O–H groups in total. The zero-order chi connectivity index (χ0) is 11.3. The highest BCUT2D eigenvalue weighted by Crippen LogP contribution is 2.28. The van der Waals surface area contributed by atoms with E-state index < -0.39 is 6.16 Å². The fourth-order valence-electron chi connectivity index (χ4n) is 1.91. The van der Waals surface area contributed by atoms with Gasteiger partial charge in [0.2, 0.25) is 0 Å². The SMILES string of the molecule is CCOC(=O)OCC1CCC(C)=CC1C. The first-order valence-corrected chi connectivity index (χ1v) is 5.60. The summed E-state index contributed by atoms with van der Waals surface area (Å²) in [6.45, 7) is 6.94. The first-order chi connectivity index (χ1) is 7.13. The molecular formula is C12H20O3. The second-order valence-electron chi connectivity index (χ2n) is 4.16. The van der Waals surface area contributed by atoms with Crippen LogP contribution in [0, 0.1) is 11.8 Å². The Hall–Kier alpha value is -0.990. The molecule has 0 radical (unpaired) electrons. The standard InChI is InChI=1S/C12H20O3/c1-4-14-12(13)15-8-11-6-5-9(2)7-10(11)3/h7,10-11H,4-6,8H2,1-3H3. The maximum absolute atomic E-state index is 11.0. The van der Waals surface area contributed by atoms with Crippen LogP contribution in [0.5, 0.6) is 0 Å². The van der Waals surface area contributed by atoms with E-state index in [2.05, 4.69) is 19.9 Å². The van der Waals surface area contributed by atoms with Crippen LogP contribution in [0.3, 0.4) is 0 Å². The van der Waals surface area contributed by atoms with Gasteiger partial charge in [-0.1, -0.05) is 18.6 Å². The number of carbonyl (C=O) groups excluding carboxylic acids is 1. The molecule has 0 fully saturated rings. The lowest BCUT2D eigenvalue weighted by atomic mass is 9.83. The fraction of sp³-hybridized carbons (Fsp3) is 0.750. The van der Waals surface area contributed by atoms with Crippen LogP contribution in [0.15, 0.2) is 11.6 Å². The molecule has 0 saturated carbocycles. The van der Waals surface area contributed by atoms with E-state index in [-0.39, 0.29) is 0 Å². The monoisotopic (exact) mass is 212 g/mol. The van der Waals surface area contributed by atoms with Crippen LogP contribution in [0.4, 0.5) is 4.79 Å². The van der Waals surface area contributed by atoms with Crippen molar-refractivity contribution in [2.45, 2.75) is 33.6 Å². The van der Waals surface area contributed by atoms with Gasteiger partial charge in [0.05, 0.1) is 13.2 Å². The number of allylic oxidation sites excluding steroid dienone is 2. The number of rotatable bonds is 3. The lowest BCUT2D eigenvalue weighted by Gasteiger charge is -2.26. The molecule has 3 nitrogen and oxygen atoms in total. The van der Waals surface area contributed by atoms with Crippen LogP contribution in [0.25, 0.3) is 0 Å². The van der Waals surface area contributed by atoms with Crippen molar-refractivity contribution in [3.8, 4) is 0 Å². The summed E-state index contributed by atoms with van der Waals surface area (Å²) in [7, 11) is 0. The summed E-state index contributed by atoms with van der Waals surface area (Å²) in [5.41, 5.74) is 1.44. The van der Waals surface area contributed by atoms with Crippen molar-refractivity contribution in [3.63, 3.8) is 0 Å². The second-order valence-corrected chi connectivity index (χ2v) is 4.16. The second kappa shape index (κ2) is 5.79. The van der Waals surface area contributed by atoms with Gasteiger partial charge in [-0.3, -0.25) is 0 Å². The highest BCUT2D eigenvalue weighted by Gasteiger charge is 2.21. The third-order valence-corrected chi connectivity index (χ3v) is 2.88. The van der Waals surface area contributed by atoms with Gasteiger partial charge in [0.15, 0.2) is 0 Å². The molecule has 15 heavy (non-hydrogen) atoms. The molecule has 0 heterocycles. The smallest absolute Gasteiger partial charge is 0.435 e. The first kappa shape index (κ1) is 12.1. The predicted molar refractivity (Wildman–Crippen MR) is 58.6 cm³/mol. The molecule has 2 atom stereocenters. The van der Waals surface area contributed by atoms with Crippen molar-refractivity contribution < 1.29 is 14.3 Å². The molecule has 0 aromatic heterocycles. The average molecular weight is 212 g/mol. The number of hydrogen-bond acceptors (Lipinski definition) is 3. The molecule has 1 aliphatic rings. The third-order valence-electron chi connectivity index (χ3n) is 2.88. The Kier molecular flexibility index (Phi) is 4.66. The zero-order valence-electron chi connectivity index (χ0n) is 9.79. The number of ether oxygens (including phenoxy) is 2. The van der Waals surface area contributed by atoms with E-state index in [9.17, 15) is 4.79 Å². The molecular weight excluding hydrogens is 192 g/mol. The van der Waals surface area contributed by atoms with Crippen molar-refractivity contribution in [2.75, 3.05) is 13.2 Å². The van der Waals surface area contributed by atoms with E-state index in [1.165, 1.54) is 5.57 Å². The topological polar surface area (TPSA) is 35.5 Å². The quantitative estimate of drug-likeness (QED) is 0.532. The molecule has 0 saturated heterocycles. The van der Waals surface area contributed by atoms with E-state index >= 15 is 0 Å². The van der Waals surface area contributed by atoms with Crippen molar-refractivity contribution >= 4 is 6.16 Å². The van der Waals surface area contributed by atoms with Crippen LogP contribution in [-0.2, 0) is 9.47 Å².